The van der Waals surface area contributed by atoms with Crippen molar-refractivity contribution in [2.75, 3.05) is 10.8 Å². The Labute approximate surface area is 140 Å². The van der Waals surface area contributed by atoms with E-state index in [0.29, 0.717) is 8.95 Å². The molecule has 0 fully saturated rings. The van der Waals surface area contributed by atoms with Gasteiger partial charge in [-0.3, -0.25) is 4.31 Å². The predicted octanol–water partition coefficient (Wildman–Crippen LogP) is 4.57. The normalized spacial score (nSPS) is 11.4. The van der Waals surface area contributed by atoms with Gasteiger partial charge in [-0.2, -0.15) is 0 Å². The standard InChI is InChI=1S/C14H12Br2FNO2S/c1-2-18(13-6-4-3-5-12(13)17)21(19,20)14-9-10(15)7-8-11(14)16/h3-9H,2H2,1H3. The molecular formula is C14H12Br2FNO2S. The molecule has 2 aromatic carbocycles. The largest absolute Gasteiger partial charge is 0.265 e. The monoisotopic (exact) mass is 435 g/mol. The van der Waals surface area contributed by atoms with Gasteiger partial charge in [-0.25, -0.2) is 12.8 Å². The molecule has 0 aliphatic rings. The molecule has 0 saturated carbocycles. The molecule has 2 rings (SSSR count). The van der Waals surface area contributed by atoms with Crippen molar-refractivity contribution in [3.63, 3.8) is 0 Å². The summed E-state index contributed by atoms with van der Waals surface area (Å²) in [6.07, 6.45) is 0. The second-order valence-electron chi connectivity index (χ2n) is 4.20. The minimum atomic E-state index is -3.86. The topological polar surface area (TPSA) is 37.4 Å². The smallest absolute Gasteiger partial charge is 0.264 e. The number of rotatable bonds is 4. The van der Waals surface area contributed by atoms with Crippen LogP contribution in [0, 0.1) is 5.82 Å². The van der Waals surface area contributed by atoms with Crippen molar-refractivity contribution >= 4 is 47.6 Å². The molecule has 7 heteroatoms. The van der Waals surface area contributed by atoms with Gasteiger partial charge in [0.25, 0.3) is 10.0 Å². The number of hydrogen-bond acceptors (Lipinski definition) is 2. The van der Waals surface area contributed by atoms with Gasteiger partial charge in [-0.1, -0.05) is 28.1 Å². The lowest BCUT2D eigenvalue weighted by Crippen LogP contribution is -2.31. The van der Waals surface area contributed by atoms with Gasteiger partial charge in [0.15, 0.2) is 0 Å². The van der Waals surface area contributed by atoms with Crippen molar-refractivity contribution in [3.8, 4) is 0 Å². The van der Waals surface area contributed by atoms with E-state index in [1.807, 2.05) is 0 Å². The van der Waals surface area contributed by atoms with Gasteiger partial charge in [-0.05, 0) is 53.2 Å². The van der Waals surface area contributed by atoms with Crippen molar-refractivity contribution in [1.82, 2.24) is 0 Å². The van der Waals surface area contributed by atoms with E-state index in [4.69, 9.17) is 0 Å². The second-order valence-corrected chi connectivity index (χ2v) is 7.80. The van der Waals surface area contributed by atoms with Gasteiger partial charge >= 0.3 is 0 Å². The van der Waals surface area contributed by atoms with E-state index < -0.39 is 15.8 Å². The van der Waals surface area contributed by atoms with Crippen molar-refractivity contribution < 1.29 is 12.8 Å². The Balaban J connectivity index is 2.61. The first-order valence-electron chi connectivity index (χ1n) is 6.10. The summed E-state index contributed by atoms with van der Waals surface area (Å²) in [4.78, 5) is 0.0852. The molecule has 0 unspecified atom stereocenters. The summed E-state index contributed by atoms with van der Waals surface area (Å²) < 4.78 is 41.6. The zero-order valence-corrected chi connectivity index (χ0v) is 15.0. The first-order valence-corrected chi connectivity index (χ1v) is 9.13. The van der Waals surface area contributed by atoms with Crippen molar-refractivity contribution in [3.05, 3.63) is 57.2 Å². The quantitative estimate of drug-likeness (QED) is 0.704. The number of hydrogen-bond donors (Lipinski definition) is 0. The fraction of sp³-hybridized carbons (Fsp3) is 0.143. The van der Waals surface area contributed by atoms with Crippen molar-refractivity contribution in [2.45, 2.75) is 11.8 Å². The highest BCUT2D eigenvalue weighted by molar-refractivity contribution is 9.11. The fourth-order valence-electron chi connectivity index (χ4n) is 1.92. The molecule has 0 aromatic heterocycles. The number of benzene rings is 2. The average Bonchev–Trinajstić information content (AvgIpc) is 2.44. The van der Waals surface area contributed by atoms with E-state index in [0.717, 1.165) is 4.31 Å². The minimum absolute atomic E-state index is 0.0341. The van der Waals surface area contributed by atoms with Gasteiger partial charge < -0.3 is 0 Å². The highest BCUT2D eigenvalue weighted by Gasteiger charge is 2.27. The van der Waals surface area contributed by atoms with Gasteiger partial charge in [0.2, 0.25) is 0 Å². The lowest BCUT2D eigenvalue weighted by atomic mass is 10.3. The Morgan fingerprint density at radius 2 is 1.81 bits per heavy atom. The van der Waals surface area contributed by atoms with E-state index >= 15 is 0 Å². The summed E-state index contributed by atoms with van der Waals surface area (Å²) >= 11 is 6.49. The lowest BCUT2D eigenvalue weighted by Gasteiger charge is -2.24. The number of para-hydroxylation sites is 1. The molecule has 0 spiro atoms. The molecular weight excluding hydrogens is 425 g/mol. The lowest BCUT2D eigenvalue weighted by molar-refractivity contribution is 0.586. The average molecular weight is 437 g/mol. The Kier molecular flexibility index (Phi) is 5.06. The maximum Gasteiger partial charge on any atom is 0.265 e. The molecule has 0 atom stereocenters. The molecule has 3 nitrogen and oxygen atoms in total. The molecule has 0 aliphatic carbocycles. The minimum Gasteiger partial charge on any atom is -0.264 e. The van der Waals surface area contributed by atoms with Gasteiger partial charge in [0.1, 0.15) is 10.7 Å². The van der Waals surface area contributed by atoms with Crippen LogP contribution >= 0.6 is 31.9 Å². The third kappa shape index (κ3) is 3.30. The van der Waals surface area contributed by atoms with Crippen LogP contribution in [0.4, 0.5) is 10.1 Å². The summed E-state index contributed by atoms with van der Waals surface area (Å²) in [6.45, 7) is 1.79. The third-order valence-electron chi connectivity index (χ3n) is 2.87. The Morgan fingerprint density at radius 1 is 1.14 bits per heavy atom. The molecule has 0 aliphatic heterocycles. The maximum atomic E-state index is 13.9. The van der Waals surface area contributed by atoms with Crippen LogP contribution in [-0.2, 0) is 10.0 Å². The van der Waals surface area contributed by atoms with Crippen LogP contribution < -0.4 is 4.31 Å². The molecule has 0 heterocycles. The van der Waals surface area contributed by atoms with Crippen LogP contribution in [0.1, 0.15) is 6.92 Å². The first kappa shape index (κ1) is 16.5. The maximum absolute atomic E-state index is 13.9. The zero-order chi connectivity index (χ0) is 15.6. The zero-order valence-electron chi connectivity index (χ0n) is 11.1. The molecule has 0 radical (unpaired) electrons. The van der Waals surface area contributed by atoms with Gasteiger partial charge in [0.05, 0.1) is 5.69 Å². The number of sulfonamides is 1. The second kappa shape index (κ2) is 6.46. The Bertz CT molecular complexity index is 765. The van der Waals surface area contributed by atoms with Crippen LogP contribution in [0.5, 0.6) is 0 Å². The fourth-order valence-corrected chi connectivity index (χ4v) is 4.87. The Hall–Kier alpha value is -0.920. The number of halogens is 3. The molecule has 0 saturated heterocycles. The van der Waals surface area contributed by atoms with E-state index in [1.165, 1.54) is 24.3 Å². The van der Waals surface area contributed by atoms with E-state index in [1.54, 1.807) is 25.1 Å². The van der Waals surface area contributed by atoms with E-state index in [-0.39, 0.29) is 17.1 Å². The molecule has 112 valence electrons. The van der Waals surface area contributed by atoms with Crippen LogP contribution in [-0.4, -0.2) is 15.0 Å². The molecule has 0 N–H and O–H groups in total. The molecule has 0 bridgehead atoms. The van der Waals surface area contributed by atoms with E-state index in [9.17, 15) is 12.8 Å². The summed E-state index contributed by atoms with van der Waals surface area (Å²) in [5, 5.41) is 0. The van der Waals surface area contributed by atoms with Crippen LogP contribution in [0.2, 0.25) is 0 Å². The van der Waals surface area contributed by atoms with Crippen LogP contribution in [0.25, 0.3) is 0 Å². The van der Waals surface area contributed by atoms with Crippen LogP contribution in [0.3, 0.4) is 0 Å². The van der Waals surface area contributed by atoms with Crippen molar-refractivity contribution in [1.29, 1.82) is 0 Å². The highest BCUT2D eigenvalue weighted by atomic mass is 79.9. The summed E-state index contributed by atoms with van der Waals surface area (Å²) in [7, 11) is -3.86. The molecule has 21 heavy (non-hydrogen) atoms. The number of nitrogens with zero attached hydrogens (tertiary/aromatic N) is 1. The third-order valence-corrected chi connectivity index (χ3v) is 6.25. The molecule has 2 aromatic rings. The first-order chi connectivity index (χ1) is 9.87. The predicted molar refractivity (Wildman–Crippen MR) is 88.4 cm³/mol. The van der Waals surface area contributed by atoms with Crippen LogP contribution in [0.15, 0.2) is 56.3 Å². The van der Waals surface area contributed by atoms with Gasteiger partial charge in [0, 0.05) is 15.5 Å². The van der Waals surface area contributed by atoms with Gasteiger partial charge in [-0.15, -0.1) is 0 Å². The van der Waals surface area contributed by atoms with E-state index in [2.05, 4.69) is 31.9 Å². The highest BCUT2D eigenvalue weighted by Crippen LogP contribution is 2.31. The Morgan fingerprint density at radius 3 is 2.43 bits per heavy atom. The number of anilines is 1. The summed E-state index contributed by atoms with van der Waals surface area (Å²) in [5.74, 6) is -0.575. The summed E-state index contributed by atoms with van der Waals surface area (Å²) in [6, 6.07) is 10.7. The van der Waals surface area contributed by atoms with Crippen molar-refractivity contribution in [2.24, 2.45) is 0 Å². The molecule has 0 amide bonds. The SMILES string of the molecule is CCN(c1ccccc1F)S(=O)(=O)c1cc(Br)ccc1Br. The summed E-state index contributed by atoms with van der Waals surface area (Å²) in [5.41, 5.74) is 0.0341.